The van der Waals surface area contributed by atoms with Gasteiger partial charge in [0, 0.05) is 0 Å². The van der Waals surface area contributed by atoms with Crippen LogP contribution >= 0.6 is 0 Å². The standard InChI is InChI=1S/C25H36O3/c1-16(23(2,3)4)18-6-7-21(22(9-18)26-5)27-15-28-24-11-17-8-19-10-20(13-24)25(19,12-17)14-24/h6-7,9,16-17,19-20H,8,10-15H2,1-5H3. The lowest BCUT2D eigenvalue weighted by Crippen LogP contribution is -2.42. The van der Waals surface area contributed by atoms with Crippen LogP contribution in [-0.4, -0.2) is 19.5 Å². The molecule has 1 aromatic rings. The molecule has 154 valence electrons. The lowest BCUT2D eigenvalue weighted by Gasteiger charge is -2.49. The van der Waals surface area contributed by atoms with E-state index in [1.54, 1.807) is 7.11 Å². The summed E-state index contributed by atoms with van der Waals surface area (Å²) in [5, 5.41) is 0. The number of fused-ring (bicyclic) bond motifs is 2. The van der Waals surface area contributed by atoms with Crippen LogP contribution in [0, 0.1) is 28.6 Å². The first-order valence-corrected chi connectivity index (χ1v) is 11.2. The molecule has 0 heterocycles. The molecule has 4 aliphatic rings. The molecule has 0 N–H and O–H groups in total. The molecule has 0 aromatic heterocycles. The van der Waals surface area contributed by atoms with Crippen LogP contribution in [-0.2, 0) is 4.74 Å². The fourth-order valence-electron chi connectivity index (χ4n) is 7.24. The zero-order valence-electron chi connectivity index (χ0n) is 18.2. The van der Waals surface area contributed by atoms with Gasteiger partial charge in [-0.15, -0.1) is 0 Å². The predicted octanol–water partition coefficient (Wildman–Crippen LogP) is 6.17. The second-order valence-electron chi connectivity index (χ2n) is 11.3. The van der Waals surface area contributed by atoms with Gasteiger partial charge in [-0.3, -0.25) is 0 Å². The van der Waals surface area contributed by atoms with E-state index in [2.05, 4.69) is 45.9 Å². The molecule has 4 saturated carbocycles. The molecular formula is C25H36O3. The van der Waals surface area contributed by atoms with Gasteiger partial charge in [0.1, 0.15) is 0 Å². The minimum absolute atomic E-state index is 0.0900. The van der Waals surface area contributed by atoms with Crippen molar-refractivity contribution in [1.82, 2.24) is 0 Å². The zero-order valence-corrected chi connectivity index (χ0v) is 18.2. The molecule has 28 heavy (non-hydrogen) atoms. The third kappa shape index (κ3) is 2.72. The highest BCUT2D eigenvalue weighted by molar-refractivity contribution is 5.44. The molecule has 6 unspecified atom stereocenters. The maximum atomic E-state index is 6.49. The van der Waals surface area contributed by atoms with Gasteiger partial charge in [0.25, 0.3) is 0 Å². The highest BCUT2D eigenvalue weighted by Gasteiger charge is 2.71. The Hall–Kier alpha value is -1.22. The molecule has 0 aliphatic heterocycles. The molecule has 5 rings (SSSR count). The van der Waals surface area contributed by atoms with Crippen LogP contribution in [0.1, 0.15) is 77.7 Å². The number of hydrogen-bond donors (Lipinski definition) is 0. The van der Waals surface area contributed by atoms with Crippen molar-refractivity contribution >= 4 is 0 Å². The van der Waals surface area contributed by atoms with Crippen molar-refractivity contribution in [3.8, 4) is 11.5 Å². The van der Waals surface area contributed by atoms with Gasteiger partial charge in [0.2, 0.25) is 0 Å². The van der Waals surface area contributed by atoms with E-state index in [1.165, 1.54) is 44.1 Å². The Labute approximate surface area is 170 Å². The van der Waals surface area contributed by atoms with Crippen LogP contribution in [0.3, 0.4) is 0 Å². The highest BCUT2D eigenvalue weighted by Crippen LogP contribution is 2.77. The van der Waals surface area contributed by atoms with Crippen LogP contribution in [0.25, 0.3) is 0 Å². The SMILES string of the molecule is COc1cc(C(C)C(C)(C)C)ccc1OCOC12CC3CC4CC(C1)C4(C3)C2. The molecular weight excluding hydrogens is 348 g/mol. The van der Waals surface area contributed by atoms with Crippen LogP contribution in [0.15, 0.2) is 18.2 Å². The van der Waals surface area contributed by atoms with E-state index in [4.69, 9.17) is 14.2 Å². The molecule has 0 amide bonds. The molecule has 3 nitrogen and oxygen atoms in total. The van der Waals surface area contributed by atoms with Gasteiger partial charge in [0.15, 0.2) is 18.3 Å². The van der Waals surface area contributed by atoms with E-state index in [0.717, 1.165) is 29.3 Å². The lowest BCUT2D eigenvalue weighted by atomic mass is 9.56. The predicted molar refractivity (Wildman–Crippen MR) is 111 cm³/mol. The number of hydrogen-bond acceptors (Lipinski definition) is 3. The molecule has 1 aromatic carbocycles. The summed E-state index contributed by atoms with van der Waals surface area (Å²) < 4.78 is 18.2. The topological polar surface area (TPSA) is 27.7 Å². The van der Waals surface area contributed by atoms with Gasteiger partial charge < -0.3 is 14.2 Å². The minimum atomic E-state index is 0.0900. The third-order valence-electron chi connectivity index (χ3n) is 8.98. The summed E-state index contributed by atoms with van der Waals surface area (Å²) in [7, 11) is 1.72. The molecule has 4 aliphatic carbocycles. The summed E-state index contributed by atoms with van der Waals surface area (Å²) in [6, 6.07) is 6.35. The van der Waals surface area contributed by atoms with E-state index in [0.29, 0.717) is 18.1 Å². The van der Waals surface area contributed by atoms with E-state index in [-0.39, 0.29) is 11.0 Å². The maximum Gasteiger partial charge on any atom is 0.189 e. The Bertz CT molecular complexity index is 762. The fraction of sp³-hybridized carbons (Fsp3) is 0.760. The summed E-state index contributed by atoms with van der Waals surface area (Å²) in [6.45, 7) is 9.44. The molecule has 0 saturated heterocycles. The van der Waals surface area contributed by atoms with Crippen molar-refractivity contribution < 1.29 is 14.2 Å². The minimum Gasteiger partial charge on any atom is -0.493 e. The van der Waals surface area contributed by atoms with E-state index in [9.17, 15) is 0 Å². The molecule has 4 fully saturated rings. The molecule has 1 spiro atoms. The maximum absolute atomic E-state index is 6.49. The highest BCUT2D eigenvalue weighted by atomic mass is 16.7. The molecule has 3 bridgehead atoms. The average molecular weight is 385 g/mol. The first-order valence-electron chi connectivity index (χ1n) is 11.2. The first-order chi connectivity index (χ1) is 13.2. The van der Waals surface area contributed by atoms with Crippen molar-refractivity contribution in [3.05, 3.63) is 23.8 Å². The summed E-state index contributed by atoms with van der Waals surface area (Å²) in [5.41, 5.74) is 2.25. The van der Waals surface area contributed by atoms with Gasteiger partial charge >= 0.3 is 0 Å². The van der Waals surface area contributed by atoms with Gasteiger partial charge in [0.05, 0.1) is 12.7 Å². The largest absolute Gasteiger partial charge is 0.493 e. The quantitative estimate of drug-likeness (QED) is 0.549. The van der Waals surface area contributed by atoms with E-state index >= 15 is 0 Å². The van der Waals surface area contributed by atoms with Gasteiger partial charge in [-0.05, 0) is 90.7 Å². The van der Waals surface area contributed by atoms with Gasteiger partial charge in [-0.25, -0.2) is 0 Å². The van der Waals surface area contributed by atoms with Crippen LogP contribution in [0.5, 0.6) is 11.5 Å². The van der Waals surface area contributed by atoms with Crippen molar-refractivity contribution in [2.75, 3.05) is 13.9 Å². The number of benzene rings is 1. The smallest absolute Gasteiger partial charge is 0.189 e. The van der Waals surface area contributed by atoms with Crippen molar-refractivity contribution in [2.45, 2.75) is 77.7 Å². The summed E-state index contributed by atoms with van der Waals surface area (Å²) in [5.74, 6) is 4.89. The van der Waals surface area contributed by atoms with Crippen molar-refractivity contribution in [1.29, 1.82) is 0 Å². The Kier molecular flexibility index (Phi) is 4.12. The van der Waals surface area contributed by atoms with Gasteiger partial charge in [-0.1, -0.05) is 33.8 Å². The van der Waals surface area contributed by atoms with Crippen LogP contribution in [0.2, 0.25) is 0 Å². The summed E-state index contributed by atoms with van der Waals surface area (Å²) in [4.78, 5) is 0. The number of rotatable bonds is 6. The summed E-state index contributed by atoms with van der Waals surface area (Å²) in [6.07, 6.45) is 8.21. The first kappa shape index (κ1) is 18.8. The lowest BCUT2D eigenvalue weighted by molar-refractivity contribution is -0.125. The Morgan fingerprint density at radius 3 is 2.64 bits per heavy atom. The normalized spacial score (nSPS) is 38.8. The van der Waals surface area contributed by atoms with Crippen molar-refractivity contribution in [2.24, 2.45) is 28.6 Å². The van der Waals surface area contributed by atoms with Crippen molar-refractivity contribution in [3.63, 3.8) is 0 Å². The average Bonchev–Trinajstić information content (AvgIpc) is 2.95. The van der Waals surface area contributed by atoms with Gasteiger partial charge in [-0.2, -0.15) is 0 Å². The Morgan fingerprint density at radius 2 is 1.89 bits per heavy atom. The second-order valence-corrected chi connectivity index (χ2v) is 11.3. The Balaban J connectivity index is 1.25. The zero-order chi connectivity index (χ0) is 19.7. The van der Waals surface area contributed by atoms with Crippen LogP contribution in [0.4, 0.5) is 0 Å². The Morgan fingerprint density at radius 1 is 1.07 bits per heavy atom. The summed E-state index contributed by atoms with van der Waals surface area (Å²) >= 11 is 0. The fourth-order valence-corrected chi connectivity index (χ4v) is 7.24. The second kappa shape index (κ2) is 6.14. The number of ether oxygens (including phenoxy) is 3. The molecule has 0 radical (unpaired) electrons. The third-order valence-corrected chi connectivity index (χ3v) is 8.98. The van der Waals surface area contributed by atoms with Crippen LogP contribution < -0.4 is 9.47 Å². The van der Waals surface area contributed by atoms with E-state index in [1.807, 2.05) is 0 Å². The van der Waals surface area contributed by atoms with E-state index < -0.39 is 0 Å². The molecule has 3 heteroatoms. The molecule has 6 atom stereocenters. The number of methoxy groups -OCH3 is 1. The monoisotopic (exact) mass is 384 g/mol.